The molecule has 1 fully saturated rings. The topological polar surface area (TPSA) is 56.7 Å². The smallest absolute Gasteiger partial charge is 0.227 e. The molecular weight excluding hydrogens is 471 g/mol. The van der Waals surface area contributed by atoms with Crippen molar-refractivity contribution in [2.75, 3.05) is 18.0 Å². The number of nitrogens with zero attached hydrogens (tertiary/aromatic N) is 2. The lowest BCUT2D eigenvalue weighted by Crippen LogP contribution is -2.36. The van der Waals surface area contributed by atoms with Crippen molar-refractivity contribution in [3.63, 3.8) is 0 Å². The fourth-order valence-corrected chi connectivity index (χ4v) is 3.80. The van der Waals surface area contributed by atoms with Gasteiger partial charge in [-0.2, -0.15) is 0 Å². The van der Waals surface area contributed by atoms with Gasteiger partial charge in [-0.05, 0) is 50.1 Å². The molecule has 146 valence electrons. The lowest BCUT2D eigenvalue weighted by Gasteiger charge is -2.15. The van der Waals surface area contributed by atoms with E-state index in [9.17, 15) is 4.79 Å². The summed E-state index contributed by atoms with van der Waals surface area (Å²) < 4.78 is 0. The maximum absolute atomic E-state index is 11.8. The number of hydrogen-bond donors (Lipinski definition) is 2. The summed E-state index contributed by atoms with van der Waals surface area (Å²) in [4.78, 5) is 21.0. The number of hydrogen-bond acceptors (Lipinski definition) is 3. The third-order valence-electron chi connectivity index (χ3n) is 4.31. The first-order valence-electron chi connectivity index (χ1n) is 9.12. The van der Waals surface area contributed by atoms with Gasteiger partial charge >= 0.3 is 0 Å². The largest absolute Gasteiger partial charge is 0.357 e. The van der Waals surface area contributed by atoms with E-state index in [0.717, 1.165) is 43.3 Å². The lowest BCUT2D eigenvalue weighted by atomic mass is 10.2. The second-order valence-corrected chi connectivity index (χ2v) is 7.75. The van der Waals surface area contributed by atoms with Crippen LogP contribution in [-0.4, -0.2) is 25.0 Å². The monoisotopic (exact) mass is 498 g/mol. The minimum absolute atomic E-state index is 0. The highest BCUT2D eigenvalue weighted by molar-refractivity contribution is 14.0. The van der Waals surface area contributed by atoms with E-state index in [2.05, 4.69) is 53.7 Å². The summed E-state index contributed by atoms with van der Waals surface area (Å²) in [6, 6.07) is 12.4. The molecule has 1 amide bonds. The van der Waals surface area contributed by atoms with Crippen molar-refractivity contribution in [2.45, 2.75) is 39.8 Å². The SMILES string of the molecule is CCNC(=NCc1ccc(N2CCCC2=O)cc1)NCc1ccc(C)s1.I. The first-order chi connectivity index (χ1) is 12.7. The second kappa shape index (κ2) is 10.7. The van der Waals surface area contributed by atoms with Crippen molar-refractivity contribution in [2.24, 2.45) is 4.99 Å². The highest BCUT2D eigenvalue weighted by atomic mass is 127. The van der Waals surface area contributed by atoms with Crippen molar-refractivity contribution in [1.29, 1.82) is 0 Å². The van der Waals surface area contributed by atoms with Crippen LogP contribution in [0, 0.1) is 6.92 Å². The highest BCUT2D eigenvalue weighted by Crippen LogP contribution is 2.21. The zero-order valence-corrected chi connectivity index (χ0v) is 19.0. The fraction of sp³-hybridized carbons (Fsp3) is 0.400. The second-order valence-electron chi connectivity index (χ2n) is 6.38. The molecule has 0 aliphatic carbocycles. The predicted molar refractivity (Wildman–Crippen MR) is 124 cm³/mol. The number of rotatable bonds is 6. The van der Waals surface area contributed by atoms with E-state index in [4.69, 9.17) is 0 Å². The summed E-state index contributed by atoms with van der Waals surface area (Å²) in [6.45, 7) is 7.22. The quantitative estimate of drug-likeness (QED) is 0.359. The van der Waals surface area contributed by atoms with Crippen molar-refractivity contribution in [3.05, 3.63) is 51.7 Å². The van der Waals surface area contributed by atoms with Gasteiger partial charge in [0.15, 0.2) is 5.96 Å². The summed E-state index contributed by atoms with van der Waals surface area (Å²) in [5.41, 5.74) is 2.11. The number of aryl methyl sites for hydroxylation is 1. The molecule has 1 aromatic carbocycles. The van der Waals surface area contributed by atoms with Crippen molar-refractivity contribution in [1.82, 2.24) is 10.6 Å². The number of benzene rings is 1. The number of thiophene rings is 1. The summed E-state index contributed by atoms with van der Waals surface area (Å²) in [5.74, 6) is 1.04. The normalized spacial score (nSPS) is 14.2. The number of guanidine groups is 1. The van der Waals surface area contributed by atoms with Crippen molar-refractivity contribution >= 4 is 52.9 Å². The number of carbonyl (C=O) groups is 1. The Morgan fingerprint density at radius 3 is 2.56 bits per heavy atom. The predicted octanol–water partition coefficient (Wildman–Crippen LogP) is 4.06. The third-order valence-corrected chi connectivity index (χ3v) is 5.31. The number of nitrogens with one attached hydrogen (secondary N) is 2. The molecular formula is C20H27IN4OS. The number of amides is 1. The van der Waals surface area contributed by atoms with Gasteiger partial charge < -0.3 is 15.5 Å². The maximum atomic E-state index is 11.8. The van der Waals surface area contributed by atoms with Crippen LogP contribution >= 0.6 is 35.3 Å². The van der Waals surface area contributed by atoms with Gasteiger partial charge in [-0.3, -0.25) is 4.79 Å². The number of aliphatic imine (C=N–C) groups is 1. The summed E-state index contributed by atoms with van der Waals surface area (Å²) in [5, 5.41) is 6.66. The fourth-order valence-electron chi connectivity index (χ4n) is 2.97. The molecule has 0 radical (unpaired) electrons. The molecule has 3 rings (SSSR count). The molecule has 1 aliphatic rings. The summed E-state index contributed by atoms with van der Waals surface area (Å²) in [6.07, 6.45) is 1.61. The first kappa shape index (κ1) is 21.7. The minimum Gasteiger partial charge on any atom is -0.357 e. The molecule has 1 aromatic heterocycles. The van der Waals surface area contributed by atoms with Gasteiger partial charge in [-0.1, -0.05) is 12.1 Å². The van der Waals surface area contributed by atoms with Crippen LogP contribution in [0.25, 0.3) is 0 Å². The average Bonchev–Trinajstić information content (AvgIpc) is 3.26. The van der Waals surface area contributed by atoms with E-state index in [1.165, 1.54) is 9.75 Å². The molecule has 1 aliphatic heterocycles. The van der Waals surface area contributed by atoms with Gasteiger partial charge in [0.05, 0.1) is 13.1 Å². The Labute approximate surface area is 182 Å². The average molecular weight is 498 g/mol. The van der Waals surface area contributed by atoms with Crippen LogP contribution in [0.2, 0.25) is 0 Å². The molecule has 27 heavy (non-hydrogen) atoms. The van der Waals surface area contributed by atoms with Gasteiger partial charge in [0.1, 0.15) is 0 Å². The number of halogens is 1. The molecule has 2 aromatic rings. The summed E-state index contributed by atoms with van der Waals surface area (Å²) in [7, 11) is 0. The third kappa shape index (κ3) is 6.21. The van der Waals surface area contributed by atoms with Gasteiger partial charge in [0, 0.05) is 35.0 Å². The van der Waals surface area contributed by atoms with Gasteiger partial charge in [0.25, 0.3) is 0 Å². The van der Waals surface area contributed by atoms with E-state index in [1.54, 1.807) is 11.3 Å². The van der Waals surface area contributed by atoms with E-state index >= 15 is 0 Å². The zero-order chi connectivity index (χ0) is 18.4. The van der Waals surface area contributed by atoms with Crippen molar-refractivity contribution in [3.8, 4) is 0 Å². The molecule has 7 heteroatoms. The van der Waals surface area contributed by atoms with Crippen LogP contribution < -0.4 is 15.5 Å². The molecule has 1 saturated heterocycles. The molecule has 0 spiro atoms. The molecule has 0 atom stereocenters. The van der Waals surface area contributed by atoms with E-state index in [0.29, 0.717) is 13.0 Å². The molecule has 2 heterocycles. The van der Waals surface area contributed by atoms with Crippen LogP contribution in [0.15, 0.2) is 41.4 Å². The molecule has 0 bridgehead atoms. The lowest BCUT2D eigenvalue weighted by molar-refractivity contribution is -0.117. The van der Waals surface area contributed by atoms with Gasteiger partial charge in [-0.15, -0.1) is 35.3 Å². The first-order valence-corrected chi connectivity index (χ1v) is 9.94. The molecule has 2 N–H and O–H groups in total. The van der Waals surface area contributed by atoms with Crippen LogP contribution in [0.5, 0.6) is 0 Å². The van der Waals surface area contributed by atoms with Crippen LogP contribution in [0.4, 0.5) is 5.69 Å². The molecule has 0 saturated carbocycles. The van der Waals surface area contributed by atoms with E-state index in [1.807, 2.05) is 17.0 Å². The number of carbonyl (C=O) groups excluding carboxylic acids is 1. The van der Waals surface area contributed by atoms with E-state index < -0.39 is 0 Å². The van der Waals surface area contributed by atoms with Gasteiger partial charge in [0.2, 0.25) is 5.91 Å². The summed E-state index contributed by atoms with van der Waals surface area (Å²) >= 11 is 1.80. The van der Waals surface area contributed by atoms with Crippen LogP contribution in [0.1, 0.15) is 35.1 Å². The highest BCUT2D eigenvalue weighted by Gasteiger charge is 2.21. The maximum Gasteiger partial charge on any atom is 0.227 e. The van der Waals surface area contributed by atoms with Crippen molar-refractivity contribution < 1.29 is 4.79 Å². The van der Waals surface area contributed by atoms with Crippen LogP contribution in [0.3, 0.4) is 0 Å². The Morgan fingerprint density at radius 1 is 1.19 bits per heavy atom. The minimum atomic E-state index is 0. The van der Waals surface area contributed by atoms with Gasteiger partial charge in [-0.25, -0.2) is 4.99 Å². The Kier molecular flexibility index (Phi) is 8.56. The molecule has 0 unspecified atom stereocenters. The Hall–Kier alpha value is -1.61. The van der Waals surface area contributed by atoms with E-state index in [-0.39, 0.29) is 29.9 Å². The number of anilines is 1. The Balaban J connectivity index is 0.00000261. The Morgan fingerprint density at radius 2 is 1.96 bits per heavy atom. The molecule has 5 nitrogen and oxygen atoms in total. The Bertz CT molecular complexity index is 773. The zero-order valence-electron chi connectivity index (χ0n) is 15.8. The van der Waals surface area contributed by atoms with Crippen LogP contribution in [-0.2, 0) is 17.9 Å². The standard InChI is InChI=1S/C20H26N4OS.HI/c1-3-21-20(23-14-18-11-6-15(2)26-18)22-13-16-7-9-17(10-8-16)24-12-4-5-19(24)25;/h6-11H,3-5,12-14H2,1-2H3,(H2,21,22,23);1H.